The van der Waals surface area contributed by atoms with E-state index in [1.54, 1.807) is 18.2 Å². The number of rotatable bonds is 3. The molecular formula is C14H22N2O3S2. The molecule has 1 aromatic rings. The Labute approximate surface area is 129 Å². The first kappa shape index (κ1) is 16.5. The van der Waals surface area contributed by atoms with Crippen molar-refractivity contribution in [2.24, 2.45) is 5.92 Å². The second kappa shape index (κ2) is 6.46. The van der Waals surface area contributed by atoms with Crippen molar-refractivity contribution in [1.29, 1.82) is 0 Å². The fourth-order valence-corrected chi connectivity index (χ4v) is 5.43. The molecule has 5 nitrogen and oxygen atoms in total. The molecule has 1 aliphatic rings. The largest absolute Gasteiger partial charge is 0.378 e. The van der Waals surface area contributed by atoms with Crippen molar-refractivity contribution >= 4 is 26.5 Å². The Balaban J connectivity index is 2.32. The highest BCUT2D eigenvalue weighted by molar-refractivity contribution is 7.89. The molecule has 7 heteroatoms. The van der Waals surface area contributed by atoms with Gasteiger partial charge in [0.2, 0.25) is 10.0 Å². The molecule has 0 saturated carbocycles. The zero-order valence-electron chi connectivity index (χ0n) is 12.7. The highest BCUT2D eigenvalue weighted by atomic mass is 32.2. The van der Waals surface area contributed by atoms with Gasteiger partial charge in [-0.1, -0.05) is 13.0 Å². The summed E-state index contributed by atoms with van der Waals surface area (Å²) in [6, 6.07) is 6.93. The molecule has 0 bridgehead atoms. The Morgan fingerprint density at radius 2 is 2.05 bits per heavy atom. The van der Waals surface area contributed by atoms with Crippen LogP contribution in [0, 0.1) is 5.92 Å². The van der Waals surface area contributed by atoms with Crippen molar-refractivity contribution in [2.45, 2.75) is 11.8 Å². The maximum Gasteiger partial charge on any atom is 0.243 e. The van der Waals surface area contributed by atoms with E-state index in [9.17, 15) is 12.6 Å². The molecule has 2 unspecified atom stereocenters. The highest BCUT2D eigenvalue weighted by Crippen LogP contribution is 2.23. The van der Waals surface area contributed by atoms with E-state index >= 15 is 0 Å². The van der Waals surface area contributed by atoms with Crippen LogP contribution in [0.25, 0.3) is 0 Å². The van der Waals surface area contributed by atoms with Crippen LogP contribution in [0.15, 0.2) is 29.2 Å². The van der Waals surface area contributed by atoms with Gasteiger partial charge in [-0.2, -0.15) is 4.31 Å². The summed E-state index contributed by atoms with van der Waals surface area (Å²) in [5, 5.41) is 0. The lowest BCUT2D eigenvalue weighted by Crippen LogP contribution is -2.35. The van der Waals surface area contributed by atoms with Gasteiger partial charge in [-0.05, 0) is 24.1 Å². The number of hydrogen-bond donors (Lipinski definition) is 0. The van der Waals surface area contributed by atoms with Crippen LogP contribution in [0.3, 0.4) is 0 Å². The second-order valence-electron chi connectivity index (χ2n) is 5.67. The third-order valence-electron chi connectivity index (χ3n) is 3.53. The standard InChI is InChI=1S/C14H22N2O3S2/c1-12-10-16(7-8-20(17)11-12)21(18,19)14-6-4-5-13(9-14)15(2)3/h4-6,9,12H,7-8,10-11H2,1-3H3. The van der Waals surface area contributed by atoms with Gasteiger partial charge in [0.05, 0.1) is 4.90 Å². The molecule has 1 fully saturated rings. The van der Waals surface area contributed by atoms with Crippen LogP contribution in [0.1, 0.15) is 6.92 Å². The van der Waals surface area contributed by atoms with Crippen LogP contribution in [0.2, 0.25) is 0 Å². The van der Waals surface area contributed by atoms with Crippen LogP contribution < -0.4 is 4.90 Å². The SMILES string of the molecule is CC1CN(S(=O)(=O)c2cccc(N(C)C)c2)CCS(=O)C1. The van der Waals surface area contributed by atoms with Gasteiger partial charge in [0.1, 0.15) is 0 Å². The number of benzene rings is 1. The van der Waals surface area contributed by atoms with E-state index < -0.39 is 20.8 Å². The van der Waals surface area contributed by atoms with Crippen molar-refractivity contribution in [3.8, 4) is 0 Å². The highest BCUT2D eigenvalue weighted by Gasteiger charge is 2.29. The topological polar surface area (TPSA) is 57.7 Å². The Morgan fingerprint density at radius 3 is 2.71 bits per heavy atom. The van der Waals surface area contributed by atoms with Gasteiger partial charge in [0, 0.05) is 55.2 Å². The number of nitrogens with zero attached hydrogens (tertiary/aromatic N) is 2. The summed E-state index contributed by atoms with van der Waals surface area (Å²) in [7, 11) is -0.695. The summed E-state index contributed by atoms with van der Waals surface area (Å²) in [6.07, 6.45) is 0. The van der Waals surface area contributed by atoms with E-state index in [-0.39, 0.29) is 5.92 Å². The molecule has 21 heavy (non-hydrogen) atoms. The van der Waals surface area contributed by atoms with Gasteiger partial charge >= 0.3 is 0 Å². The average molecular weight is 330 g/mol. The van der Waals surface area contributed by atoms with Gasteiger partial charge in [-0.25, -0.2) is 8.42 Å². The van der Waals surface area contributed by atoms with E-state index in [4.69, 9.17) is 0 Å². The van der Waals surface area contributed by atoms with Crippen molar-refractivity contribution < 1.29 is 12.6 Å². The van der Waals surface area contributed by atoms with Crippen molar-refractivity contribution in [3.63, 3.8) is 0 Å². The molecule has 1 aromatic carbocycles. The van der Waals surface area contributed by atoms with Crippen LogP contribution >= 0.6 is 0 Å². The Kier molecular flexibility index (Phi) is 5.06. The molecule has 118 valence electrons. The minimum absolute atomic E-state index is 0.111. The first-order valence-corrected chi connectivity index (χ1v) is 9.86. The van der Waals surface area contributed by atoms with Gasteiger partial charge in [-0.3, -0.25) is 4.21 Å². The predicted molar refractivity (Wildman–Crippen MR) is 86.6 cm³/mol. The lowest BCUT2D eigenvalue weighted by atomic mass is 10.2. The first-order chi connectivity index (χ1) is 9.80. The summed E-state index contributed by atoms with van der Waals surface area (Å²) < 4.78 is 38.7. The number of sulfonamides is 1. The summed E-state index contributed by atoms with van der Waals surface area (Å²) in [5.74, 6) is 1.10. The van der Waals surface area contributed by atoms with E-state index in [1.807, 2.05) is 32.0 Å². The van der Waals surface area contributed by atoms with E-state index in [0.717, 1.165) is 5.69 Å². The first-order valence-electron chi connectivity index (χ1n) is 6.93. The summed E-state index contributed by atoms with van der Waals surface area (Å²) in [6.45, 7) is 2.70. The maximum atomic E-state index is 12.8. The van der Waals surface area contributed by atoms with Crippen LogP contribution in [0.5, 0.6) is 0 Å². The smallest absolute Gasteiger partial charge is 0.243 e. The lowest BCUT2D eigenvalue weighted by molar-refractivity contribution is 0.392. The Morgan fingerprint density at radius 1 is 1.33 bits per heavy atom. The fraction of sp³-hybridized carbons (Fsp3) is 0.571. The molecule has 0 amide bonds. The van der Waals surface area contributed by atoms with Gasteiger partial charge in [0.25, 0.3) is 0 Å². The third-order valence-corrected chi connectivity index (χ3v) is 6.97. The summed E-state index contributed by atoms with van der Waals surface area (Å²) in [4.78, 5) is 2.17. The maximum absolute atomic E-state index is 12.8. The van der Waals surface area contributed by atoms with Crippen LogP contribution in [-0.2, 0) is 20.8 Å². The molecule has 0 aliphatic carbocycles. The quantitative estimate of drug-likeness (QED) is 0.834. The summed E-state index contributed by atoms with van der Waals surface area (Å²) >= 11 is 0. The minimum atomic E-state index is -3.53. The van der Waals surface area contributed by atoms with Crippen molar-refractivity contribution in [3.05, 3.63) is 24.3 Å². The zero-order valence-corrected chi connectivity index (χ0v) is 14.3. The second-order valence-corrected chi connectivity index (χ2v) is 9.23. The van der Waals surface area contributed by atoms with E-state index in [1.165, 1.54) is 4.31 Å². The predicted octanol–water partition coefficient (Wildman–Crippen LogP) is 1.14. The molecule has 0 N–H and O–H groups in total. The molecule has 1 saturated heterocycles. The Hall–Kier alpha value is -0.920. The molecule has 1 aliphatic heterocycles. The monoisotopic (exact) mass is 330 g/mol. The molecule has 2 atom stereocenters. The van der Waals surface area contributed by atoms with Gasteiger partial charge in [0.15, 0.2) is 0 Å². The Bertz CT molecular complexity index is 629. The number of hydrogen-bond acceptors (Lipinski definition) is 4. The third kappa shape index (κ3) is 3.84. The molecule has 1 heterocycles. The van der Waals surface area contributed by atoms with Crippen molar-refractivity contribution in [2.75, 3.05) is 43.6 Å². The van der Waals surface area contributed by atoms with E-state index in [0.29, 0.717) is 29.5 Å². The van der Waals surface area contributed by atoms with Crippen LogP contribution in [-0.4, -0.2) is 55.6 Å². The van der Waals surface area contributed by atoms with Gasteiger partial charge < -0.3 is 4.90 Å². The fourth-order valence-electron chi connectivity index (χ4n) is 2.39. The summed E-state index contributed by atoms with van der Waals surface area (Å²) in [5.41, 5.74) is 0.850. The zero-order chi connectivity index (χ0) is 15.6. The van der Waals surface area contributed by atoms with E-state index in [2.05, 4.69) is 0 Å². The molecule has 2 rings (SSSR count). The van der Waals surface area contributed by atoms with Crippen LogP contribution in [0.4, 0.5) is 5.69 Å². The van der Waals surface area contributed by atoms with Gasteiger partial charge in [-0.15, -0.1) is 0 Å². The minimum Gasteiger partial charge on any atom is -0.378 e. The molecule has 0 aromatic heterocycles. The molecular weight excluding hydrogens is 308 g/mol. The lowest BCUT2D eigenvalue weighted by Gasteiger charge is -2.22. The number of anilines is 1. The average Bonchev–Trinajstić information content (AvgIpc) is 2.60. The molecule has 0 spiro atoms. The normalized spacial score (nSPS) is 24.5. The molecule has 0 radical (unpaired) electrons. The van der Waals surface area contributed by atoms with Crippen molar-refractivity contribution in [1.82, 2.24) is 4.31 Å².